The van der Waals surface area contributed by atoms with Gasteiger partial charge in [-0.2, -0.15) is 0 Å². The molecule has 1 nitrogen and oxygen atoms in total. The Balaban J connectivity index is 3.37. The van der Waals surface area contributed by atoms with E-state index in [1.165, 1.54) is 18.5 Å². The SMILES string of the molecule is CCC[Si](C)(N)CC. The van der Waals surface area contributed by atoms with Crippen LogP contribution in [0, 0.1) is 0 Å². The van der Waals surface area contributed by atoms with E-state index in [0.29, 0.717) is 0 Å². The van der Waals surface area contributed by atoms with Crippen LogP contribution in [0.4, 0.5) is 0 Å². The highest BCUT2D eigenvalue weighted by molar-refractivity contribution is 6.75. The van der Waals surface area contributed by atoms with E-state index in [1.54, 1.807) is 0 Å². The zero-order valence-corrected chi connectivity index (χ0v) is 7.20. The minimum absolute atomic E-state index is 1.18. The number of hydrogen-bond donors (Lipinski definition) is 1. The molecule has 2 heteroatoms. The Morgan fingerprint density at radius 2 is 1.88 bits per heavy atom. The average molecular weight is 131 g/mol. The van der Waals surface area contributed by atoms with Crippen molar-refractivity contribution in [2.45, 2.75) is 38.9 Å². The zero-order chi connectivity index (χ0) is 6.62. The average Bonchev–Trinajstić information content (AvgIpc) is 1.67. The van der Waals surface area contributed by atoms with E-state index in [9.17, 15) is 0 Å². The van der Waals surface area contributed by atoms with Gasteiger partial charge in [-0.3, -0.25) is 0 Å². The van der Waals surface area contributed by atoms with Gasteiger partial charge in [-0.15, -0.1) is 0 Å². The molecule has 0 spiro atoms. The van der Waals surface area contributed by atoms with Gasteiger partial charge in [0, 0.05) is 0 Å². The lowest BCUT2D eigenvalue weighted by molar-refractivity contribution is 1.02. The minimum Gasteiger partial charge on any atom is -0.351 e. The van der Waals surface area contributed by atoms with Crippen molar-refractivity contribution in [3.63, 3.8) is 0 Å². The summed E-state index contributed by atoms with van der Waals surface area (Å²) < 4.78 is 0. The maximum absolute atomic E-state index is 5.97. The molecule has 1 atom stereocenters. The lowest BCUT2D eigenvalue weighted by Crippen LogP contribution is -2.40. The molecule has 8 heavy (non-hydrogen) atoms. The normalized spacial score (nSPS) is 18.0. The van der Waals surface area contributed by atoms with Crippen LogP contribution >= 0.6 is 0 Å². The van der Waals surface area contributed by atoms with E-state index in [2.05, 4.69) is 20.4 Å². The number of nitrogens with two attached hydrogens (primary N) is 1. The maximum Gasteiger partial charge on any atom is 0.119 e. The van der Waals surface area contributed by atoms with Gasteiger partial charge >= 0.3 is 0 Å². The first-order chi connectivity index (χ1) is 3.62. The van der Waals surface area contributed by atoms with Crippen molar-refractivity contribution in [3.05, 3.63) is 0 Å². The van der Waals surface area contributed by atoms with Crippen molar-refractivity contribution in [1.82, 2.24) is 0 Å². The molecule has 0 aromatic carbocycles. The van der Waals surface area contributed by atoms with E-state index in [0.717, 1.165) is 0 Å². The highest BCUT2D eigenvalue weighted by atomic mass is 28.3. The summed E-state index contributed by atoms with van der Waals surface area (Å²) in [6.07, 6.45) is 1.26. The molecule has 0 aliphatic carbocycles. The lowest BCUT2D eigenvalue weighted by Gasteiger charge is -2.17. The van der Waals surface area contributed by atoms with Crippen molar-refractivity contribution < 1.29 is 0 Å². The molecule has 0 saturated carbocycles. The first kappa shape index (κ1) is 8.18. The van der Waals surface area contributed by atoms with E-state index in [4.69, 9.17) is 5.40 Å². The molecule has 1 unspecified atom stereocenters. The Hall–Kier alpha value is 0.177. The van der Waals surface area contributed by atoms with E-state index < -0.39 is 8.24 Å². The Bertz CT molecular complexity index is 61.5. The van der Waals surface area contributed by atoms with Gasteiger partial charge in [0.1, 0.15) is 8.24 Å². The maximum atomic E-state index is 5.97. The van der Waals surface area contributed by atoms with Gasteiger partial charge in [0.05, 0.1) is 0 Å². The summed E-state index contributed by atoms with van der Waals surface area (Å²) in [6.45, 7) is 6.64. The van der Waals surface area contributed by atoms with Crippen LogP contribution in [0.15, 0.2) is 0 Å². The quantitative estimate of drug-likeness (QED) is 0.582. The minimum atomic E-state index is -1.18. The van der Waals surface area contributed by atoms with Gasteiger partial charge in [-0.25, -0.2) is 0 Å². The van der Waals surface area contributed by atoms with Crippen molar-refractivity contribution >= 4 is 8.24 Å². The fourth-order valence-electron chi connectivity index (χ4n) is 0.748. The monoisotopic (exact) mass is 131 g/mol. The first-order valence-electron chi connectivity index (χ1n) is 3.41. The summed E-state index contributed by atoms with van der Waals surface area (Å²) in [5.41, 5.74) is 0. The topological polar surface area (TPSA) is 26.0 Å². The van der Waals surface area contributed by atoms with Crippen LogP contribution in [-0.4, -0.2) is 8.24 Å². The summed E-state index contributed by atoms with van der Waals surface area (Å²) >= 11 is 0. The van der Waals surface area contributed by atoms with Crippen LogP contribution in [-0.2, 0) is 0 Å². The molecule has 0 aliphatic rings. The van der Waals surface area contributed by atoms with Crippen LogP contribution in [0.5, 0.6) is 0 Å². The van der Waals surface area contributed by atoms with Gasteiger partial charge in [-0.05, 0) is 12.1 Å². The van der Waals surface area contributed by atoms with Gasteiger partial charge in [0.15, 0.2) is 0 Å². The van der Waals surface area contributed by atoms with Crippen LogP contribution in [0.1, 0.15) is 20.3 Å². The highest BCUT2D eigenvalue weighted by Gasteiger charge is 2.16. The predicted molar refractivity (Wildman–Crippen MR) is 41.4 cm³/mol. The van der Waals surface area contributed by atoms with Crippen molar-refractivity contribution in [2.24, 2.45) is 5.40 Å². The standard InChI is InChI=1S/C6H17NSi/c1-4-6-8(3,7)5-2/h4-7H2,1-3H3. The van der Waals surface area contributed by atoms with Gasteiger partial charge in [-0.1, -0.05) is 26.8 Å². The van der Waals surface area contributed by atoms with Crippen LogP contribution < -0.4 is 5.40 Å². The molecule has 0 amide bonds. The molecule has 0 aliphatic heterocycles. The molecule has 0 aromatic rings. The molecular formula is C6H17NSi. The molecule has 0 aromatic heterocycles. The summed E-state index contributed by atoms with van der Waals surface area (Å²) in [6, 6.07) is 2.50. The second-order valence-corrected chi connectivity index (χ2v) is 7.27. The Morgan fingerprint density at radius 3 is 2.00 bits per heavy atom. The van der Waals surface area contributed by atoms with E-state index in [-0.39, 0.29) is 0 Å². The summed E-state index contributed by atoms with van der Waals surface area (Å²) in [4.78, 5) is 0. The lowest BCUT2D eigenvalue weighted by atomic mass is 10.6. The molecule has 0 rings (SSSR count). The zero-order valence-electron chi connectivity index (χ0n) is 6.20. The van der Waals surface area contributed by atoms with Crippen LogP contribution in [0.2, 0.25) is 18.6 Å². The second-order valence-electron chi connectivity index (χ2n) is 2.76. The van der Waals surface area contributed by atoms with Crippen molar-refractivity contribution in [3.8, 4) is 0 Å². The van der Waals surface area contributed by atoms with Crippen LogP contribution in [0.3, 0.4) is 0 Å². The van der Waals surface area contributed by atoms with Crippen molar-refractivity contribution in [1.29, 1.82) is 0 Å². The Morgan fingerprint density at radius 1 is 1.38 bits per heavy atom. The number of rotatable bonds is 3. The van der Waals surface area contributed by atoms with E-state index in [1.807, 2.05) is 0 Å². The van der Waals surface area contributed by atoms with Gasteiger partial charge < -0.3 is 5.40 Å². The fraction of sp³-hybridized carbons (Fsp3) is 1.00. The highest BCUT2D eigenvalue weighted by Crippen LogP contribution is 2.08. The molecule has 50 valence electrons. The molecule has 0 radical (unpaired) electrons. The van der Waals surface area contributed by atoms with E-state index >= 15 is 0 Å². The third-order valence-corrected chi connectivity index (χ3v) is 4.89. The molecule has 0 heterocycles. The molecule has 0 bridgehead atoms. The first-order valence-corrected chi connectivity index (χ1v) is 6.40. The largest absolute Gasteiger partial charge is 0.351 e. The molecular weight excluding hydrogens is 114 g/mol. The number of hydrogen-bond acceptors (Lipinski definition) is 1. The molecule has 2 N–H and O–H groups in total. The molecule has 0 fully saturated rings. The molecule has 0 saturated heterocycles. The third kappa shape index (κ3) is 3.21. The van der Waals surface area contributed by atoms with Gasteiger partial charge in [0.2, 0.25) is 0 Å². The van der Waals surface area contributed by atoms with Crippen molar-refractivity contribution in [2.75, 3.05) is 0 Å². The summed E-state index contributed by atoms with van der Waals surface area (Å²) in [5.74, 6) is 0. The Kier molecular flexibility index (Phi) is 3.32. The predicted octanol–water partition coefficient (Wildman–Crippen LogP) is 1.95. The summed E-state index contributed by atoms with van der Waals surface area (Å²) in [5, 5.41) is 5.97. The summed E-state index contributed by atoms with van der Waals surface area (Å²) in [7, 11) is -1.18. The Labute approximate surface area is 53.4 Å². The third-order valence-electron chi connectivity index (χ3n) is 1.63. The smallest absolute Gasteiger partial charge is 0.119 e. The van der Waals surface area contributed by atoms with Gasteiger partial charge in [0.25, 0.3) is 0 Å². The fourth-order valence-corrected chi connectivity index (χ4v) is 2.24. The second kappa shape index (κ2) is 3.25. The van der Waals surface area contributed by atoms with Crippen LogP contribution in [0.25, 0.3) is 0 Å².